The van der Waals surface area contributed by atoms with Crippen LogP contribution in [-0.4, -0.2) is 0 Å². The van der Waals surface area contributed by atoms with Gasteiger partial charge in [-0.3, -0.25) is 4.79 Å². The van der Waals surface area contributed by atoms with Crippen molar-refractivity contribution < 1.29 is 4.42 Å². The van der Waals surface area contributed by atoms with E-state index in [4.69, 9.17) is 27.6 Å². The molecule has 2 nitrogen and oxygen atoms in total. The average molecular weight is 331 g/mol. The monoisotopic (exact) mass is 330 g/mol. The van der Waals surface area contributed by atoms with Gasteiger partial charge in [0.05, 0.1) is 15.6 Å². The number of halogens is 2. The van der Waals surface area contributed by atoms with Gasteiger partial charge in [-0.1, -0.05) is 59.6 Å². The molecule has 0 unspecified atom stereocenters. The normalized spacial score (nSPS) is 10.7. The van der Waals surface area contributed by atoms with E-state index in [1.807, 2.05) is 30.3 Å². The van der Waals surface area contributed by atoms with Gasteiger partial charge < -0.3 is 4.42 Å². The molecule has 0 N–H and O–H groups in total. The van der Waals surface area contributed by atoms with Crippen molar-refractivity contribution >= 4 is 23.2 Å². The highest BCUT2D eigenvalue weighted by Gasteiger charge is 2.16. The maximum atomic E-state index is 12.5. The molecule has 3 aromatic rings. The van der Waals surface area contributed by atoms with Crippen molar-refractivity contribution in [2.45, 2.75) is 6.92 Å². The molecule has 22 heavy (non-hydrogen) atoms. The van der Waals surface area contributed by atoms with Crippen LogP contribution in [0.5, 0.6) is 0 Å². The lowest BCUT2D eigenvalue weighted by atomic mass is 10.00. The van der Waals surface area contributed by atoms with Crippen LogP contribution in [0.1, 0.15) is 5.76 Å². The zero-order valence-corrected chi connectivity index (χ0v) is 13.3. The highest BCUT2D eigenvalue weighted by molar-refractivity contribution is 6.42. The molecule has 4 heteroatoms. The molecule has 0 saturated heterocycles. The first-order valence-electron chi connectivity index (χ1n) is 6.72. The van der Waals surface area contributed by atoms with E-state index in [0.717, 1.165) is 5.56 Å². The highest BCUT2D eigenvalue weighted by atomic mass is 35.5. The van der Waals surface area contributed by atoms with E-state index in [0.29, 0.717) is 32.7 Å². The summed E-state index contributed by atoms with van der Waals surface area (Å²) in [6, 6.07) is 16.1. The minimum atomic E-state index is -0.110. The quantitative estimate of drug-likeness (QED) is 0.613. The first-order valence-corrected chi connectivity index (χ1v) is 7.47. The molecule has 3 rings (SSSR count). The topological polar surface area (TPSA) is 30.2 Å². The molecule has 0 spiro atoms. The van der Waals surface area contributed by atoms with Crippen LogP contribution in [-0.2, 0) is 0 Å². The predicted molar refractivity (Wildman–Crippen MR) is 90.6 cm³/mol. The van der Waals surface area contributed by atoms with E-state index in [1.54, 1.807) is 25.1 Å². The summed E-state index contributed by atoms with van der Waals surface area (Å²) in [6.07, 6.45) is 0. The fourth-order valence-electron chi connectivity index (χ4n) is 2.33. The SMILES string of the molecule is Cc1cc(=O)c(-c2ccc(Cl)c(Cl)c2)c(-c2ccccc2)o1. The van der Waals surface area contributed by atoms with Crippen molar-refractivity contribution in [2.75, 3.05) is 0 Å². The summed E-state index contributed by atoms with van der Waals surface area (Å²) in [7, 11) is 0. The van der Waals surface area contributed by atoms with Gasteiger partial charge in [-0.05, 0) is 24.6 Å². The molecule has 0 amide bonds. The molecule has 0 saturated carbocycles. The molecule has 1 heterocycles. The minimum absolute atomic E-state index is 0.110. The van der Waals surface area contributed by atoms with Gasteiger partial charge in [-0.15, -0.1) is 0 Å². The number of rotatable bonds is 2. The van der Waals surface area contributed by atoms with Crippen molar-refractivity contribution in [3.05, 3.63) is 80.6 Å². The molecule has 0 aliphatic rings. The molecule has 0 bridgehead atoms. The maximum Gasteiger partial charge on any atom is 0.193 e. The van der Waals surface area contributed by atoms with Crippen LogP contribution in [0.3, 0.4) is 0 Å². The summed E-state index contributed by atoms with van der Waals surface area (Å²) in [4.78, 5) is 12.5. The molecule has 0 fully saturated rings. The lowest BCUT2D eigenvalue weighted by molar-refractivity contribution is 0.531. The van der Waals surface area contributed by atoms with Gasteiger partial charge in [-0.25, -0.2) is 0 Å². The van der Waals surface area contributed by atoms with Crippen molar-refractivity contribution in [3.8, 4) is 22.5 Å². The van der Waals surface area contributed by atoms with E-state index in [1.165, 1.54) is 6.07 Å². The Balaban J connectivity index is 2.31. The number of hydrogen-bond donors (Lipinski definition) is 0. The van der Waals surface area contributed by atoms with Crippen LogP contribution in [0.25, 0.3) is 22.5 Å². The van der Waals surface area contributed by atoms with Crippen molar-refractivity contribution in [1.82, 2.24) is 0 Å². The summed E-state index contributed by atoms with van der Waals surface area (Å²) in [5.41, 5.74) is 1.89. The van der Waals surface area contributed by atoms with Crippen molar-refractivity contribution in [1.29, 1.82) is 0 Å². The Kier molecular flexibility index (Phi) is 4.06. The van der Waals surface area contributed by atoms with Crippen molar-refractivity contribution in [2.24, 2.45) is 0 Å². The minimum Gasteiger partial charge on any atom is -0.460 e. The Morgan fingerprint density at radius 1 is 0.864 bits per heavy atom. The molecule has 0 aliphatic heterocycles. The average Bonchev–Trinajstić information content (AvgIpc) is 2.50. The van der Waals surface area contributed by atoms with Crippen LogP contribution in [0.4, 0.5) is 0 Å². The second-order valence-electron chi connectivity index (χ2n) is 4.92. The summed E-state index contributed by atoms with van der Waals surface area (Å²) < 4.78 is 5.82. The summed E-state index contributed by atoms with van der Waals surface area (Å²) in [6.45, 7) is 1.76. The van der Waals surface area contributed by atoms with Crippen LogP contribution < -0.4 is 5.43 Å². The molecular weight excluding hydrogens is 319 g/mol. The van der Waals surface area contributed by atoms with E-state index in [2.05, 4.69) is 0 Å². The van der Waals surface area contributed by atoms with E-state index >= 15 is 0 Å². The lowest BCUT2D eigenvalue weighted by Crippen LogP contribution is -2.06. The van der Waals surface area contributed by atoms with Crippen LogP contribution in [0.15, 0.2) is 63.8 Å². The fourth-order valence-corrected chi connectivity index (χ4v) is 2.63. The van der Waals surface area contributed by atoms with Crippen LogP contribution in [0.2, 0.25) is 10.0 Å². The molecule has 0 atom stereocenters. The number of benzene rings is 2. The third-order valence-corrected chi connectivity index (χ3v) is 4.05. The number of aryl methyl sites for hydroxylation is 1. The Morgan fingerprint density at radius 2 is 1.59 bits per heavy atom. The molecule has 0 radical (unpaired) electrons. The van der Waals surface area contributed by atoms with Gasteiger partial charge in [0.25, 0.3) is 0 Å². The second-order valence-corrected chi connectivity index (χ2v) is 5.73. The lowest BCUT2D eigenvalue weighted by Gasteiger charge is -2.10. The molecule has 2 aromatic carbocycles. The zero-order chi connectivity index (χ0) is 15.7. The smallest absolute Gasteiger partial charge is 0.193 e. The summed E-state index contributed by atoms with van der Waals surface area (Å²) >= 11 is 12.0. The van der Waals surface area contributed by atoms with Crippen LogP contribution in [0, 0.1) is 6.92 Å². The van der Waals surface area contributed by atoms with Gasteiger partial charge >= 0.3 is 0 Å². The van der Waals surface area contributed by atoms with E-state index in [-0.39, 0.29) is 5.43 Å². The largest absolute Gasteiger partial charge is 0.460 e. The zero-order valence-electron chi connectivity index (χ0n) is 11.8. The molecule has 110 valence electrons. The maximum absolute atomic E-state index is 12.5. The Hall–Kier alpha value is -2.03. The Labute approximate surface area is 137 Å². The first-order chi connectivity index (χ1) is 10.6. The fraction of sp³-hybridized carbons (Fsp3) is 0.0556. The highest BCUT2D eigenvalue weighted by Crippen LogP contribution is 2.33. The van der Waals surface area contributed by atoms with Gasteiger partial charge in [0, 0.05) is 11.6 Å². The third-order valence-electron chi connectivity index (χ3n) is 3.32. The standard InChI is InChI=1S/C18H12Cl2O2/c1-11-9-16(21)17(13-7-8-14(19)15(20)10-13)18(22-11)12-5-3-2-4-6-12/h2-10H,1H3. The van der Waals surface area contributed by atoms with E-state index in [9.17, 15) is 4.79 Å². The second kappa shape index (κ2) is 5.99. The van der Waals surface area contributed by atoms with Gasteiger partial charge in [0.1, 0.15) is 11.5 Å². The van der Waals surface area contributed by atoms with E-state index < -0.39 is 0 Å². The third kappa shape index (κ3) is 2.80. The Morgan fingerprint density at radius 3 is 2.27 bits per heavy atom. The molecule has 1 aromatic heterocycles. The first kappa shape index (κ1) is 14.9. The summed E-state index contributed by atoms with van der Waals surface area (Å²) in [5.74, 6) is 1.09. The van der Waals surface area contributed by atoms with Gasteiger partial charge in [0.15, 0.2) is 5.43 Å². The summed E-state index contributed by atoms with van der Waals surface area (Å²) in [5, 5.41) is 0.848. The van der Waals surface area contributed by atoms with Gasteiger partial charge in [0.2, 0.25) is 0 Å². The van der Waals surface area contributed by atoms with Crippen LogP contribution >= 0.6 is 23.2 Å². The molecule has 0 aliphatic carbocycles. The number of hydrogen-bond acceptors (Lipinski definition) is 2. The van der Waals surface area contributed by atoms with Gasteiger partial charge in [-0.2, -0.15) is 0 Å². The van der Waals surface area contributed by atoms with Crippen molar-refractivity contribution in [3.63, 3.8) is 0 Å². The predicted octanol–water partition coefficient (Wildman–Crippen LogP) is 5.59. The Bertz CT molecular complexity index is 883. The molecular formula is C18H12Cl2O2.